The lowest BCUT2D eigenvalue weighted by molar-refractivity contribution is 0.636. The summed E-state index contributed by atoms with van der Waals surface area (Å²) in [7, 11) is 0. The Morgan fingerprint density at radius 2 is 1.89 bits per heavy atom. The monoisotopic (exact) mass is 187 g/mol. The number of hydrogen-bond donors (Lipinski definition) is 0. The van der Waals surface area contributed by atoms with Gasteiger partial charge in [-0.05, 0) is 5.92 Å². The van der Waals surface area contributed by atoms with Crippen LogP contribution in [-0.2, 0) is 0 Å². The van der Waals surface area contributed by atoms with Crippen LogP contribution in [0.25, 0.3) is 0 Å². The molecule has 0 saturated carbocycles. The zero-order valence-corrected chi connectivity index (χ0v) is 7.76. The van der Waals surface area contributed by atoms with Crippen molar-refractivity contribution in [1.29, 1.82) is 0 Å². The molecule has 0 aliphatic carbocycles. The van der Waals surface area contributed by atoms with E-state index in [1.807, 2.05) is 6.92 Å². The van der Waals surface area contributed by atoms with Crippen LogP contribution in [-0.4, -0.2) is 3.79 Å². The summed E-state index contributed by atoms with van der Waals surface area (Å²) < 4.78 is -1.19. The molecule has 0 aromatic heterocycles. The molecule has 1 radical (unpaired) electrons. The van der Waals surface area contributed by atoms with Gasteiger partial charge in [-0.1, -0.05) is 55.1 Å². The molecule has 0 aliphatic heterocycles. The zero-order chi connectivity index (χ0) is 7.49. The highest BCUT2D eigenvalue weighted by Gasteiger charge is 2.22. The Labute approximate surface area is 71.5 Å². The highest BCUT2D eigenvalue weighted by molar-refractivity contribution is 6.68. The average molecular weight is 189 g/mol. The normalized spacial score (nSPS) is 15.7. The fourth-order valence-corrected chi connectivity index (χ4v) is 1.09. The lowest BCUT2D eigenvalue weighted by Gasteiger charge is -2.14. The number of hydrogen-bond acceptors (Lipinski definition) is 0. The maximum atomic E-state index is 5.48. The zero-order valence-electron chi connectivity index (χ0n) is 5.50. The van der Waals surface area contributed by atoms with E-state index in [2.05, 4.69) is 6.92 Å². The number of alkyl halides is 3. The van der Waals surface area contributed by atoms with Crippen LogP contribution in [0.1, 0.15) is 20.3 Å². The lowest BCUT2D eigenvalue weighted by atomic mass is 10.1. The first-order valence-corrected chi connectivity index (χ1v) is 4.02. The standard InChI is InChI=1S/C6H10Cl3/c1-3-5(2)4-6(7,8)9/h4-5H,3H2,1-2H3. The van der Waals surface area contributed by atoms with Gasteiger partial charge >= 0.3 is 0 Å². The Morgan fingerprint density at radius 3 is 2.00 bits per heavy atom. The molecule has 9 heavy (non-hydrogen) atoms. The molecule has 0 spiro atoms. The van der Waals surface area contributed by atoms with Crippen molar-refractivity contribution in [3.63, 3.8) is 0 Å². The molecule has 0 rings (SSSR count). The minimum Gasteiger partial charge on any atom is -0.0833 e. The van der Waals surface area contributed by atoms with Crippen molar-refractivity contribution in [1.82, 2.24) is 0 Å². The van der Waals surface area contributed by atoms with E-state index in [4.69, 9.17) is 34.8 Å². The summed E-state index contributed by atoms with van der Waals surface area (Å²) in [5.41, 5.74) is 0. The van der Waals surface area contributed by atoms with Crippen molar-refractivity contribution in [2.45, 2.75) is 24.1 Å². The molecule has 0 bridgehead atoms. The van der Waals surface area contributed by atoms with Crippen LogP contribution in [0.15, 0.2) is 0 Å². The Balaban J connectivity index is 3.47. The van der Waals surface area contributed by atoms with Crippen LogP contribution >= 0.6 is 34.8 Å². The van der Waals surface area contributed by atoms with Gasteiger partial charge in [0.2, 0.25) is 0 Å². The van der Waals surface area contributed by atoms with E-state index < -0.39 is 3.79 Å². The largest absolute Gasteiger partial charge is 0.194 e. The quantitative estimate of drug-likeness (QED) is 0.581. The van der Waals surface area contributed by atoms with Gasteiger partial charge in [0.05, 0.1) is 0 Å². The molecule has 0 aliphatic rings. The van der Waals surface area contributed by atoms with Gasteiger partial charge < -0.3 is 0 Å². The van der Waals surface area contributed by atoms with Crippen LogP contribution in [0.4, 0.5) is 0 Å². The highest BCUT2D eigenvalue weighted by atomic mass is 35.6. The van der Waals surface area contributed by atoms with E-state index in [9.17, 15) is 0 Å². The lowest BCUT2D eigenvalue weighted by Crippen LogP contribution is -2.09. The van der Waals surface area contributed by atoms with E-state index in [0.29, 0.717) is 5.92 Å². The summed E-state index contributed by atoms with van der Waals surface area (Å²) in [4.78, 5) is 0. The Bertz CT molecular complexity index is 74.9. The predicted molar refractivity (Wildman–Crippen MR) is 44.0 cm³/mol. The number of halogens is 3. The summed E-state index contributed by atoms with van der Waals surface area (Å²) in [5.74, 6) is 0.373. The Morgan fingerprint density at radius 1 is 1.44 bits per heavy atom. The van der Waals surface area contributed by atoms with Crippen LogP contribution in [0.3, 0.4) is 0 Å². The van der Waals surface area contributed by atoms with Crippen molar-refractivity contribution in [2.75, 3.05) is 0 Å². The highest BCUT2D eigenvalue weighted by Crippen LogP contribution is 2.32. The van der Waals surface area contributed by atoms with Crippen molar-refractivity contribution in [3.05, 3.63) is 6.42 Å². The second-order valence-corrected chi connectivity index (χ2v) is 4.46. The summed E-state index contributed by atoms with van der Waals surface area (Å²) in [5, 5.41) is 0. The van der Waals surface area contributed by atoms with Crippen LogP contribution in [0, 0.1) is 12.3 Å². The van der Waals surface area contributed by atoms with Gasteiger partial charge in [-0.3, -0.25) is 0 Å². The molecule has 1 atom stereocenters. The van der Waals surface area contributed by atoms with Crippen molar-refractivity contribution < 1.29 is 0 Å². The Hall–Kier alpha value is 0.870. The molecule has 1 unspecified atom stereocenters. The smallest absolute Gasteiger partial charge is 0.0833 e. The van der Waals surface area contributed by atoms with Crippen molar-refractivity contribution >= 4 is 34.8 Å². The van der Waals surface area contributed by atoms with E-state index in [-0.39, 0.29) is 0 Å². The van der Waals surface area contributed by atoms with Crippen molar-refractivity contribution in [3.8, 4) is 0 Å². The topological polar surface area (TPSA) is 0 Å². The van der Waals surface area contributed by atoms with E-state index in [1.54, 1.807) is 6.42 Å². The second kappa shape index (κ2) is 3.90. The third-order valence-corrected chi connectivity index (χ3v) is 1.50. The molecule has 0 amide bonds. The molecule has 0 N–H and O–H groups in total. The molecule has 0 saturated heterocycles. The third-order valence-electron chi connectivity index (χ3n) is 1.12. The first-order chi connectivity index (χ1) is 3.95. The third kappa shape index (κ3) is 6.76. The van der Waals surface area contributed by atoms with Gasteiger partial charge in [0, 0.05) is 6.42 Å². The molecule has 55 valence electrons. The van der Waals surface area contributed by atoms with E-state index in [1.165, 1.54) is 0 Å². The SMILES string of the molecule is CCC(C)[CH]C(Cl)(Cl)Cl. The van der Waals surface area contributed by atoms with Crippen LogP contribution in [0.2, 0.25) is 0 Å². The van der Waals surface area contributed by atoms with Gasteiger partial charge in [0.1, 0.15) is 0 Å². The van der Waals surface area contributed by atoms with Crippen LogP contribution < -0.4 is 0 Å². The van der Waals surface area contributed by atoms with Gasteiger partial charge in [-0.2, -0.15) is 0 Å². The van der Waals surface area contributed by atoms with Gasteiger partial charge in [0.15, 0.2) is 3.79 Å². The van der Waals surface area contributed by atoms with E-state index >= 15 is 0 Å². The van der Waals surface area contributed by atoms with Gasteiger partial charge in [-0.25, -0.2) is 0 Å². The number of rotatable bonds is 2. The molecule has 3 heteroatoms. The molecular formula is C6H10Cl3. The van der Waals surface area contributed by atoms with Gasteiger partial charge in [0.25, 0.3) is 0 Å². The summed E-state index contributed by atoms with van der Waals surface area (Å²) in [6, 6.07) is 0. The summed E-state index contributed by atoms with van der Waals surface area (Å²) in [6.07, 6.45) is 2.71. The molecule has 0 aromatic carbocycles. The minimum absolute atomic E-state index is 0.373. The van der Waals surface area contributed by atoms with Gasteiger partial charge in [-0.15, -0.1) is 0 Å². The molecule has 0 nitrogen and oxygen atoms in total. The average Bonchev–Trinajstić information content (AvgIpc) is 1.62. The first-order valence-electron chi connectivity index (χ1n) is 2.88. The molecule has 0 heterocycles. The molecular weight excluding hydrogens is 178 g/mol. The summed E-state index contributed by atoms with van der Waals surface area (Å²) >= 11 is 16.4. The second-order valence-electron chi connectivity index (χ2n) is 2.09. The maximum Gasteiger partial charge on any atom is 0.194 e. The maximum absolute atomic E-state index is 5.48. The van der Waals surface area contributed by atoms with Crippen LogP contribution in [0.5, 0.6) is 0 Å². The molecule has 0 aromatic rings. The molecule has 0 fully saturated rings. The Kier molecular flexibility index (Phi) is 4.28. The first kappa shape index (κ1) is 9.87. The fourth-order valence-electron chi connectivity index (χ4n) is 0.440. The summed E-state index contributed by atoms with van der Waals surface area (Å²) in [6.45, 7) is 4.07. The minimum atomic E-state index is -1.19. The fraction of sp³-hybridized carbons (Fsp3) is 0.833. The van der Waals surface area contributed by atoms with Crippen molar-refractivity contribution in [2.24, 2.45) is 5.92 Å². The predicted octanol–water partition coefficient (Wildman–Crippen LogP) is 3.61. The van der Waals surface area contributed by atoms with E-state index in [0.717, 1.165) is 6.42 Å².